The van der Waals surface area contributed by atoms with Crippen molar-refractivity contribution in [3.8, 4) is 0 Å². The summed E-state index contributed by atoms with van der Waals surface area (Å²) in [5.74, 6) is 0. The summed E-state index contributed by atoms with van der Waals surface area (Å²) in [5, 5.41) is 5.79. The second kappa shape index (κ2) is 3.85. The maximum Gasteiger partial charge on any atom is 0.183 e. The smallest absolute Gasteiger partial charge is 0.183 e. The minimum Gasteiger partial charge on any atom is -0.290 e. The highest BCUT2D eigenvalue weighted by molar-refractivity contribution is 7.10. The van der Waals surface area contributed by atoms with Crippen LogP contribution in [-0.4, -0.2) is 0 Å². The molecule has 2 aromatic heterocycles. The Hall–Kier alpha value is -0.930. The van der Waals surface area contributed by atoms with Crippen LogP contribution in [0.25, 0.3) is 0 Å². The van der Waals surface area contributed by atoms with E-state index in [1.54, 1.807) is 28.7 Å². The fourth-order valence-corrected chi connectivity index (χ4v) is 2.49. The van der Waals surface area contributed by atoms with Gasteiger partial charge in [0.15, 0.2) is 5.43 Å². The predicted molar refractivity (Wildman–Crippen MR) is 57.7 cm³/mol. The summed E-state index contributed by atoms with van der Waals surface area (Å²) in [5.41, 5.74) is 1.04. The van der Waals surface area contributed by atoms with Gasteiger partial charge in [-0.2, -0.15) is 11.3 Å². The van der Waals surface area contributed by atoms with Crippen molar-refractivity contribution < 1.29 is 0 Å². The molecule has 3 heteroatoms. The van der Waals surface area contributed by atoms with Crippen LogP contribution in [-0.2, 0) is 6.42 Å². The fourth-order valence-electron chi connectivity index (χ4n) is 1.12. The Morgan fingerprint density at radius 1 is 1.23 bits per heavy atom. The Labute approximate surface area is 84.3 Å². The van der Waals surface area contributed by atoms with Crippen LogP contribution in [0.1, 0.15) is 10.4 Å². The maximum absolute atomic E-state index is 11.4. The topological polar surface area (TPSA) is 17.1 Å². The summed E-state index contributed by atoms with van der Waals surface area (Å²) >= 11 is 3.26. The summed E-state index contributed by atoms with van der Waals surface area (Å²) in [6, 6.07) is 5.70. The SMILES string of the molecule is O=c1ccscc1Cc1cccs1. The van der Waals surface area contributed by atoms with E-state index in [-0.39, 0.29) is 5.43 Å². The summed E-state index contributed by atoms with van der Waals surface area (Å²) in [4.78, 5) is 12.6. The van der Waals surface area contributed by atoms with Crippen molar-refractivity contribution in [2.75, 3.05) is 0 Å². The zero-order valence-electron chi connectivity index (χ0n) is 6.90. The van der Waals surface area contributed by atoms with E-state index in [0.29, 0.717) is 0 Å². The van der Waals surface area contributed by atoms with Gasteiger partial charge in [0.25, 0.3) is 0 Å². The van der Waals surface area contributed by atoms with Gasteiger partial charge in [0.1, 0.15) is 0 Å². The third kappa shape index (κ3) is 2.05. The second-order valence-electron chi connectivity index (χ2n) is 2.70. The lowest BCUT2D eigenvalue weighted by Gasteiger charge is -1.94. The normalized spacial score (nSPS) is 10.2. The van der Waals surface area contributed by atoms with Crippen LogP contribution < -0.4 is 5.43 Å². The molecule has 0 N–H and O–H groups in total. The van der Waals surface area contributed by atoms with Gasteiger partial charge in [-0.15, -0.1) is 11.3 Å². The van der Waals surface area contributed by atoms with Crippen LogP contribution in [0.2, 0.25) is 0 Å². The Bertz CT molecular complexity index is 428. The van der Waals surface area contributed by atoms with Crippen molar-refractivity contribution in [2.24, 2.45) is 0 Å². The van der Waals surface area contributed by atoms with E-state index in [0.717, 1.165) is 12.0 Å². The molecule has 0 unspecified atom stereocenters. The Morgan fingerprint density at radius 2 is 2.15 bits per heavy atom. The van der Waals surface area contributed by atoms with E-state index in [4.69, 9.17) is 0 Å². The molecule has 0 fully saturated rings. The molecule has 66 valence electrons. The van der Waals surface area contributed by atoms with Crippen molar-refractivity contribution in [3.63, 3.8) is 0 Å². The van der Waals surface area contributed by atoms with Gasteiger partial charge in [-0.25, -0.2) is 0 Å². The standard InChI is InChI=1S/C10H8OS2/c11-10-3-5-12-7-8(10)6-9-2-1-4-13-9/h1-5,7H,6H2. The summed E-state index contributed by atoms with van der Waals surface area (Å²) in [6.07, 6.45) is 0.772. The lowest BCUT2D eigenvalue weighted by atomic mass is 10.2. The molecule has 0 aliphatic carbocycles. The van der Waals surface area contributed by atoms with Crippen molar-refractivity contribution in [2.45, 2.75) is 6.42 Å². The van der Waals surface area contributed by atoms with Crippen molar-refractivity contribution in [3.05, 3.63) is 55.0 Å². The first-order chi connectivity index (χ1) is 6.36. The van der Waals surface area contributed by atoms with Gasteiger partial charge in [0.05, 0.1) is 0 Å². The lowest BCUT2D eigenvalue weighted by Crippen LogP contribution is -2.04. The van der Waals surface area contributed by atoms with Crippen LogP contribution in [0.4, 0.5) is 0 Å². The number of hydrogen-bond acceptors (Lipinski definition) is 3. The minimum atomic E-state index is 0.146. The molecule has 0 spiro atoms. The molecular formula is C10H8OS2. The van der Waals surface area contributed by atoms with E-state index in [1.807, 2.05) is 22.2 Å². The van der Waals surface area contributed by atoms with Crippen molar-refractivity contribution >= 4 is 22.7 Å². The van der Waals surface area contributed by atoms with Crippen LogP contribution in [0.3, 0.4) is 0 Å². The monoisotopic (exact) mass is 208 g/mol. The van der Waals surface area contributed by atoms with E-state index in [2.05, 4.69) is 6.07 Å². The molecule has 0 aromatic carbocycles. The molecular weight excluding hydrogens is 200 g/mol. The Morgan fingerprint density at radius 3 is 2.85 bits per heavy atom. The summed E-state index contributed by atoms with van der Waals surface area (Å²) < 4.78 is 0. The molecule has 0 amide bonds. The van der Waals surface area contributed by atoms with Crippen LogP contribution in [0.5, 0.6) is 0 Å². The van der Waals surface area contributed by atoms with Crippen molar-refractivity contribution in [1.82, 2.24) is 0 Å². The first-order valence-corrected chi connectivity index (χ1v) is 5.76. The van der Waals surface area contributed by atoms with E-state index in [9.17, 15) is 4.79 Å². The first-order valence-electron chi connectivity index (χ1n) is 3.94. The number of rotatable bonds is 2. The fraction of sp³-hybridized carbons (Fsp3) is 0.100. The zero-order chi connectivity index (χ0) is 9.10. The number of thiophene rings is 1. The molecule has 0 bridgehead atoms. The highest BCUT2D eigenvalue weighted by Crippen LogP contribution is 2.13. The van der Waals surface area contributed by atoms with Crippen LogP contribution in [0.15, 0.2) is 39.1 Å². The highest BCUT2D eigenvalue weighted by Gasteiger charge is 2.00. The van der Waals surface area contributed by atoms with Crippen molar-refractivity contribution in [1.29, 1.82) is 0 Å². The quantitative estimate of drug-likeness (QED) is 0.741. The van der Waals surface area contributed by atoms with E-state index >= 15 is 0 Å². The molecule has 2 rings (SSSR count). The molecule has 2 aromatic rings. The van der Waals surface area contributed by atoms with Gasteiger partial charge in [-0.1, -0.05) is 6.07 Å². The molecule has 0 atom stereocenters. The van der Waals surface area contributed by atoms with Crippen LogP contribution >= 0.6 is 22.7 Å². The van der Waals surface area contributed by atoms with Gasteiger partial charge < -0.3 is 0 Å². The molecule has 0 aliphatic rings. The molecule has 13 heavy (non-hydrogen) atoms. The second-order valence-corrected chi connectivity index (χ2v) is 4.51. The largest absolute Gasteiger partial charge is 0.290 e. The maximum atomic E-state index is 11.4. The van der Waals surface area contributed by atoms with E-state index < -0.39 is 0 Å². The molecule has 0 saturated heterocycles. The molecule has 1 nitrogen and oxygen atoms in total. The summed E-state index contributed by atoms with van der Waals surface area (Å²) in [6.45, 7) is 0. The Balaban J connectivity index is 2.29. The molecule has 0 radical (unpaired) electrons. The zero-order valence-corrected chi connectivity index (χ0v) is 8.53. The predicted octanol–water partition coefficient (Wildman–Crippen LogP) is 2.76. The molecule has 0 saturated carbocycles. The third-order valence-corrected chi connectivity index (χ3v) is 3.36. The third-order valence-electron chi connectivity index (χ3n) is 1.77. The average molecular weight is 208 g/mol. The number of hydrogen-bond donors (Lipinski definition) is 0. The first kappa shape index (κ1) is 8.66. The van der Waals surface area contributed by atoms with Gasteiger partial charge >= 0.3 is 0 Å². The van der Waals surface area contributed by atoms with Gasteiger partial charge in [0.2, 0.25) is 0 Å². The minimum absolute atomic E-state index is 0.146. The van der Waals surface area contributed by atoms with Gasteiger partial charge in [-0.05, 0) is 28.3 Å². The highest BCUT2D eigenvalue weighted by atomic mass is 32.1. The van der Waals surface area contributed by atoms with Gasteiger partial charge in [-0.3, -0.25) is 4.79 Å². The van der Waals surface area contributed by atoms with Gasteiger partial charge in [0, 0.05) is 16.9 Å². The Kier molecular flexibility index (Phi) is 2.57. The average Bonchev–Trinajstić information content (AvgIpc) is 2.61. The summed E-state index contributed by atoms with van der Waals surface area (Å²) in [7, 11) is 0. The van der Waals surface area contributed by atoms with Crippen LogP contribution in [0, 0.1) is 0 Å². The molecule has 2 heterocycles. The van der Waals surface area contributed by atoms with E-state index in [1.165, 1.54) is 4.88 Å². The molecule has 0 aliphatic heterocycles. The lowest BCUT2D eigenvalue weighted by molar-refractivity contribution is 1.23.